The summed E-state index contributed by atoms with van der Waals surface area (Å²) < 4.78 is 23.7. The van der Waals surface area contributed by atoms with Gasteiger partial charge in [-0.25, -0.2) is 14.4 Å². The lowest BCUT2D eigenvalue weighted by molar-refractivity contribution is 0.102. The summed E-state index contributed by atoms with van der Waals surface area (Å²) in [6, 6.07) is 12.4. The molecule has 0 fully saturated rings. The lowest BCUT2D eigenvalue weighted by atomic mass is 10.2. The molecule has 1 amide bonds. The van der Waals surface area contributed by atoms with Crippen molar-refractivity contribution in [2.75, 3.05) is 24.9 Å². The highest BCUT2D eigenvalue weighted by molar-refractivity contribution is 6.04. The van der Waals surface area contributed by atoms with E-state index in [0.29, 0.717) is 28.7 Å². The van der Waals surface area contributed by atoms with E-state index in [0.717, 1.165) is 0 Å². The molecule has 2 aromatic carbocycles. The average molecular weight is 368 g/mol. The molecular weight excluding hydrogens is 351 g/mol. The summed E-state index contributed by atoms with van der Waals surface area (Å²) in [6.45, 7) is 0. The van der Waals surface area contributed by atoms with Crippen molar-refractivity contribution < 1.29 is 18.7 Å². The van der Waals surface area contributed by atoms with Crippen molar-refractivity contribution in [1.82, 2.24) is 9.97 Å². The first-order valence-electron chi connectivity index (χ1n) is 7.97. The number of anilines is 3. The predicted octanol–water partition coefficient (Wildman–Crippen LogP) is 3.63. The molecule has 0 saturated carbocycles. The van der Waals surface area contributed by atoms with Gasteiger partial charge >= 0.3 is 0 Å². The fourth-order valence-electron chi connectivity index (χ4n) is 2.35. The fourth-order valence-corrected chi connectivity index (χ4v) is 2.35. The zero-order valence-electron chi connectivity index (χ0n) is 14.7. The van der Waals surface area contributed by atoms with Crippen LogP contribution in [0.25, 0.3) is 0 Å². The number of hydrogen-bond acceptors (Lipinski definition) is 6. The Bertz CT molecular complexity index is 965. The van der Waals surface area contributed by atoms with Gasteiger partial charge in [-0.2, -0.15) is 0 Å². The molecule has 3 rings (SSSR count). The molecule has 1 heterocycles. The molecule has 0 unspecified atom stereocenters. The topological polar surface area (TPSA) is 85.4 Å². The Morgan fingerprint density at radius 2 is 1.89 bits per heavy atom. The standard InChI is InChI=1S/C19H17FN4O3/c1-26-14-6-7-15(17(9-14)27-2)24-19(25)16-10-18(22-11-21-16)23-13-5-3-4-12(20)8-13/h3-11H,1-2H3,(H,24,25)(H,21,22,23). The number of carbonyl (C=O) groups excluding carboxylic acids is 1. The summed E-state index contributed by atoms with van der Waals surface area (Å²) in [5, 5.41) is 5.66. The highest BCUT2D eigenvalue weighted by Gasteiger charge is 2.13. The Morgan fingerprint density at radius 1 is 1.04 bits per heavy atom. The first kappa shape index (κ1) is 18.1. The highest BCUT2D eigenvalue weighted by atomic mass is 19.1. The first-order valence-corrected chi connectivity index (χ1v) is 7.97. The van der Waals surface area contributed by atoms with Gasteiger partial charge in [0.1, 0.15) is 35.2 Å². The molecule has 0 aliphatic carbocycles. The van der Waals surface area contributed by atoms with E-state index in [-0.39, 0.29) is 11.5 Å². The Balaban J connectivity index is 1.77. The van der Waals surface area contributed by atoms with Crippen molar-refractivity contribution in [3.05, 3.63) is 66.4 Å². The van der Waals surface area contributed by atoms with E-state index in [1.165, 1.54) is 31.6 Å². The number of nitrogens with one attached hydrogen (secondary N) is 2. The Kier molecular flexibility index (Phi) is 5.46. The largest absolute Gasteiger partial charge is 0.497 e. The summed E-state index contributed by atoms with van der Waals surface area (Å²) in [5.74, 6) is 0.604. The molecule has 8 heteroatoms. The van der Waals surface area contributed by atoms with Crippen LogP contribution >= 0.6 is 0 Å². The van der Waals surface area contributed by atoms with Crippen LogP contribution < -0.4 is 20.1 Å². The zero-order chi connectivity index (χ0) is 19.2. The van der Waals surface area contributed by atoms with Crippen molar-refractivity contribution in [3.8, 4) is 11.5 Å². The normalized spacial score (nSPS) is 10.2. The van der Waals surface area contributed by atoms with E-state index in [1.807, 2.05) is 0 Å². The number of amides is 1. The molecule has 0 aliphatic rings. The van der Waals surface area contributed by atoms with Gasteiger partial charge in [0, 0.05) is 17.8 Å². The minimum Gasteiger partial charge on any atom is -0.497 e. The van der Waals surface area contributed by atoms with Gasteiger partial charge in [-0.05, 0) is 30.3 Å². The molecule has 0 bridgehead atoms. The minimum atomic E-state index is -0.442. The second kappa shape index (κ2) is 8.13. The van der Waals surface area contributed by atoms with Crippen molar-refractivity contribution in [3.63, 3.8) is 0 Å². The number of nitrogens with zero attached hydrogens (tertiary/aromatic N) is 2. The average Bonchev–Trinajstić information content (AvgIpc) is 2.68. The highest BCUT2D eigenvalue weighted by Crippen LogP contribution is 2.29. The van der Waals surface area contributed by atoms with Gasteiger partial charge in [0.15, 0.2) is 0 Å². The quantitative estimate of drug-likeness (QED) is 0.691. The third-order valence-corrected chi connectivity index (χ3v) is 3.65. The first-order chi connectivity index (χ1) is 13.1. The van der Waals surface area contributed by atoms with Crippen molar-refractivity contribution in [2.24, 2.45) is 0 Å². The second-order valence-corrected chi connectivity index (χ2v) is 5.44. The number of methoxy groups -OCH3 is 2. The fraction of sp³-hybridized carbons (Fsp3) is 0.105. The van der Waals surface area contributed by atoms with Gasteiger partial charge in [-0.1, -0.05) is 6.07 Å². The Hall–Kier alpha value is -3.68. The van der Waals surface area contributed by atoms with Gasteiger partial charge in [-0.3, -0.25) is 4.79 Å². The lowest BCUT2D eigenvalue weighted by Gasteiger charge is -2.12. The van der Waals surface area contributed by atoms with Crippen LogP contribution in [-0.4, -0.2) is 30.1 Å². The van der Waals surface area contributed by atoms with Crippen molar-refractivity contribution >= 4 is 23.1 Å². The van der Waals surface area contributed by atoms with E-state index in [2.05, 4.69) is 20.6 Å². The van der Waals surface area contributed by atoms with Crippen LogP contribution in [0.15, 0.2) is 54.9 Å². The molecule has 27 heavy (non-hydrogen) atoms. The van der Waals surface area contributed by atoms with Crippen LogP contribution in [0.3, 0.4) is 0 Å². The Labute approximate surface area is 155 Å². The van der Waals surface area contributed by atoms with Gasteiger partial charge in [-0.15, -0.1) is 0 Å². The maximum absolute atomic E-state index is 13.3. The van der Waals surface area contributed by atoms with Crippen LogP contribution in [0.4, 0.5) is 21.6 Å². The van der Waals surface area contributed by atoms with Crippen LogP contribution in [0.5, 0.6) is 11.5 Å². The smallest absolute Gasteiger partial charge is 0.274 e. The van der Waals surface area contributed by atoms with Gasteiger partial charge in [0.2, 0.25) is 0 Å². The summed E-state index contributed by atoms with van der Waals surface area (Å²) >= 11 is 0. The summed E-state index contributed by atoms with van der Waals surface area (Å²) in [5.41, 5.74) is 1.13. The van der Waals surface area contributed by atoms with Crippen LogP contribution in [0, 0.1) is 5.82 Å². The van der Waals surface area contributed by atoms with Gasteiger partial charge in [0.25, 0.3) is 5.91 Å². The number of halogens is 1. The van der Waals surface area contributed by atoms with E-state index < -0.39 is 5.91 Å². The number of rotatable bonds is 6. The minimum absolute atomic E-state index is 0.141. The number of benzene rings is 2. The number of ether oxygens (including phenoxy) is 2. The molecule has 1 aromatic heterocycles. The molecule has 0 saturated heterocycles. The van der Waals surface area contributed by atoms with Crippen LogP contribution in [0.2, 0.25) is 0 Å². The van der Waals surface area contributed by atoms with Crippen molar-refractivity contribution in [2.45, 2.75) is 0 Å². The van der Waals surface area contributed by atoms with Gasteiger partial charge < -0.3 is 20.1 Å². The van der Waals surface area contributed by atoms with Crippen molar-refractivity contribution in [1.29, 1.82) is 0 Å². The third-order valence-electron chi connectivity index (χ3n) is 3.65. The summed E-state index contributed by atoms with van der Waals surface area (Å²) in [6.07, 6.45) is 1.25. The summed E-state index contributed by atoms with van der Waals surface area (Å²) in [4.78, 5) is 20.5. The molecular formula is C19H17FN4O3. The van der Waals surface area contributed by atoms with E-state index in [1.54, 1.807) is 37.4 Å². The van der Waals surface area contributed by atoms with Crippen LogP contribution in [-0.2, 0) is 0 Å². The number of aromatic nitrogens is 2. The molecule has 7 nitrogen and oxygen atoms in total. The maximum atomic E-state index is 13.3. The molecule has 0 spiro atoms. The molecule has 0 atom stereocenters. The molecule has 3 aromatic rings. The SMILES string of the molecule is COc1ccc(NC(=O)c2cc(Nc3cccc(F)c3)ncn2)c(OC)c1. The van der Waals surface area contributed by atoms with E-state index in [9.17, 15) is 9.18 Å². The number of carbonyl (C=O) groups is 1. The molecule has 0 radical (unpaired) electrons. The van der Waals surface area contributed by atoms with Crippen LogP contribution in [0.1, 0.15) is 10.5 Å². The Morgan fingerprint density at radius 3 is 2.63 bits per heavy atom. The number of hydrogen-bond donors (Lipinski definition) is 2. The molecule has 138 valence electrons. The lowest BCUT2D eigenvalue weighted by Crippen LogP contribution is -2.15. The molecule has 2 N–H and O–H groups in total. The third kappa shape index (κ3) is 4.49. The van der Waals surface area contributed by atoms with Gasteiger partial charge in [0.05, 0.1) is 19.9 Å². The van der Waals surface area contributed by atoms with E-state index >= 15 is 0 Å². The zero-order valence-corrected chi connectivity index (χ0v) is 14.7. The molecule has 0 aliphatic heterocycles. The maximum Gasteiger partial charge on any atom is 0.274 e. The van der Waals surface area contributed by atoms with E-state index in [4.69, 9.17) is 9.47 Å². The monoisotopic (exact) mass is 368 g/mol. The predicted molar refractivity (Wildman–Crippen MR) is 99.2 cm³/mol. The summed E-state index contributed by atoms with van der Waals surface area (Å²) in [7, 11) is 3.04. The second-order valence-electron chi connectivity index (χ2n) is 5.44.